The molecule has 0 aliphatic heterocycles. The van der Waals surface area contributed by atoms with Crippen LogP contribution in [0.25, 0.3) is 10.8 Å². The maximum absolute atomic E-state index is 11.9. The Kier molecular flexibility index (Phi) is 8.57. The molecule has 1 heterocycles. The van der Waals surface area contributed by atoms with E-state index in [-0.39, 0.29) is 5.82 Å². The summed E-state index contributed by atoms with van der Waals surface area (Å²) in [5.74, 6) is 0.210. The number of rotatable bonds is 2. The monoisotopic (exact) mass is 354 g/mol. The molecular formula is C20H26N4O2. The van der Waals surface area contributed by atoms with Crippen molar-refractivity contribution in [3.05, 3.63) is 65.2 Å². The number of anilines is 2. The number of nitrogens with one attached hydrogen (secondary N) is 2. The van der Waals surface area contributed by atoms with Gasteiger partial charge in [-0.3, -0.25) is 5.32 Å². The third-order valence-electron chi connectivity index (χ3n) is 3.22. The molecule has 0 saturated carbocycles. The lowest BCUT2D eigenvalue weighted by molar-refractivity contribution is 0.262. The molecule has 0 aliphatic carbocycles. The Bertz CT molecular complexity index is 903. The topological polar surface area (TPSA) is 76.0 Å². The molecule has 2 N–H and O–H groups in total. The van der Waals surface area contributed by atoms with Gasteiger partial charge in [-0.25, -0.2) is 9.59 Å². The number of hydrogen-bond donors (Lipinski definition) is 2. The molecule has 6 nitrogen and oxygen atoms in total. The Balaban J connectivity index is 0.000000791. The van der Waals surface area contributed by atoms with Crippen molar-refractivity contribution in [3.63, 3.8) is 0 Å². The fourth-order valence-electron chi connectivity index (χ4n) is 2.08. The molecule has 0 radical (unpaired) electrons. The van der Waals surface area contributed by atoms with E-state index in [2.05, 4.69) is 15.6 Å². The van der Waals surface area contributed by atoms with Gasteiger partial charge in [0.15, 0.2) is 0 Å². The van der Waals surface area contributed by atoms with Gasteiger partial charge in [-0.1, -0.05) is 58.0 Å². The Morgan fingerprint density at radius 2 is 1.58 bits per heavy atom. The van der Waals surface area contributed by atoms with E-state index in [9.17, 15) is 9.59 Å². The van der Waals surface area contributed by atoms with E-state index in [4.69, 9.17) is 0 Å². The fourth-order valence-corrected chi connectivity index (χ4v) is 2.08. The molecule has 3 rings (SSSR count). The molecule has 138 valence electrons. The van der Waals surface area contributed by atoms with E-state index in [1.54, 1.807) is 19.3 Å². The van der Waals surface area contributed by atoms with Crippen LogP contribution in [-0.4, -0.2) is 15.6 Å². The quantitative estimate of drug-likeness (QED) is 0.704. The standard InChI is InChI=1S/C16H14N4O2.2C2H6/c1-20-9-8-14(19-16(20)22)18-15(21)17-13-7-6-11-4-2-3-5-12(11)10-13;2*1-2/h2-10H,1H3,(H2,17,18,19,21,22);2*1-2H3. The van der Waals surface area contributed by atoms with Gasteiger partial charge in [-0.05, 0) is 29.0 Å². The average molecular weight is 354 g/mol. The molecule has 3 aromatic rings. The number of aryl methyl sites for hydroxylation is 1. The summed E-state index contributed by atoms with van der Waals surface area (Å²) in [6, 6.07) is 14.6. The van der Waals surface area contributed by atoms with Crippen molar-refractivity contribution in [3.8, 4) is 0 Å². The first-order valence-electron chi connectivity index (χ1n) is 8.72. The van der Waals surface area contributed by atoms with Gasteiger partial charge in [0.05, 0.1) is 0 Å². The lowest BCUT2D eigenvalue weighted by Crippen LogP contribution is -2.25. The minimum atomic E-state index is -0.448. The second-order valence-electron chi connectivity index (χ2n) is 4.85. The number of urea groups is 1. The lowest BCUT2D eigenvalue weighted by Gasteiger charge is -2.08. The Morgan fingerprint density at radius 1 is 0.923 bits per heavy atom. The van der Waals surface area contributed by atoms with E-state index in [1.165, 1.54) is 4.57 Å². The van der Waals surface area contributed by atoms with Crippen molar-refractivity contribution in [2.45, 2.75) is 27.7 Å². The summed E-state index contributed by atoms with van der Waals surface area (Å²) >= 11 is 0. The molecule has 26 heavy (non-hydrogen) atoms. The van der Waals surface area contributed by atoms with E-state index in [0.717, 1.165) is 10.8 Å². The number of carbonyl (C=O) groups excluding carboxylic acids is 1. The highest BCUT2D eigenvalue weighted by Gasteiger charge is 2.05. The molecule has 2 amide bonds. The predicted molar refractivity (Wildman–Crippen MR) is 109 cm³/mol. The van der Waals surface area contributed by atoms with Crippen molar-refractivity contribution in [2.24, 2.45) is 7.05 Å². The third kappa shape index (κ3) is 5.73. The molecular weight excluding hydrogens is 328 g/mol. The summed E-state index contributed by atoms with van der Waals surface area (Å²) in [6.45, 7) is 8.00. The second-order valence-corrected chi connectivity index (χ2v) is 4.85. The smallest absolute Gasteiger partial charge is 0.308 e. The van der Waals surface area contributed by atoms with Gasteiger partial charge < -0.3 is 9.88 Å². The van der Waals surface area contributed by atoms with Crippen LogP contribution in [0.1, 0.15) is 27.7 Å². The normalized spacial score (nSPS) is 9.27. The molecule has 1 aromatic heterocycles. The van der Waals surface area contributed by atoms with Crippen LogP contribution in [0, 0.1) is 0 Å². The van der Waals surface area contributed by atoms with E-state index >= 15 is 0 Å². The number of fused-ring (bicyclic) bond motifs is 1. The molecule has 0 unspecified atom stereocenters. The van der Waals surface area contributed by atoms with Crippen LogP contribution in [0.4, 0.5) is 16.3 Å². The van der Waals surface area contributed by atoms with Crippen LogP contribution in [0.5, 0.6) is 0 Å². The summed E-state index contributed by atoms with van der Waals surface area (Å²) < 4.78 is 1.33. The first-order chi connectivity index (χ1) is 12.6. The number of amides is 2. The molecule has 0 saturated heterocycles. The van der Waals surface area contributed by atoms with Gasteiger partial charge in [0, 0.05) is 18.9 Å². The Hall–Kier alpha value is -3.15. The average Bonchev–Trinajstić information content (AvgIpc) is 2.68. The molecule has 0 spiro atoms. The summed E-state index contributed by atoms with van der Waals surface area (Å²) in [5, 5.41) is 7.38. The summed E-state index contributed by atoms with van der Waals surface area (Å²) in [7, 11) is 1.59. The minimum absolute atomic E-state index is 0.210. The van der Waals surface area contributed by atoms with Crippen LogP contribution in [-0.2, 0) is 7.05 Å². The number of nitrogens with zero attached hydrogens (tertiary/aromatic N) is 2. The predicted octanol–water partition coefficient (Wildman–Crippen LogP) is 4.63. The SMILES string of the molecule is CC.CC.Cn1ccc(NC(=O)Nc2ccc3ccccc3c2)nc1=O. The van der Waals surface area contributed by atoms with Crippen molar-refractivity contribution in [1.29, 1.82) is 0 Å². The summed E-state index contributed by atoms with van der Waals surface area (Å²) in [5.41, 5.74) is 0.239. The Labute approximate surface area is 153 Å². The van der Waals surface area contributed by atoms with Crippen LogP contribution in [0.3, 0.4) is 0 Å². The number of benzene rings is 2. The molecule has 2 aromatic carbocycles. The summed E-state index contributed by atoms with van der Waals surface area (Å²) in [4.78, 5) is 27.1. The van der Waals surface area contributed by atoms with E-state index < -0.39 is 11.7 Å². The first-order valence-corrected chi connectivity index (χ1v) is 8.72. The van der Waals surface area contributed by atoms with Crippen molar-refractivity contribution in [1.82, 2.24) is 9.55 Å². The second kappa shape index (κ2) is 10.7. The van der Waals surface area contributed by atoms with Gasteiger partial charge in [-0.15, -0.1) is 0 Å². The molecule has 6 heteroatoms. The number of carbonyl (C=O) groups is 1. The first kappa shape index (κ1) is 20.9. The Morgan fingerprint density at radius 3 is 2.23 bits per heavy atom. The van der Waals surface area contributed by atoms with Crippen LogP contribution in [0.15, 0.2) is 59.5 Å². The van der Waals surface area contributed by atoms with Gasteiger partial charge in [-0.2, -0.15) is 4.98 Å². The van der Waals surface area contributed by atoms with Crippen molar-refractivity contribution in [2.75, 3.05) is 10.6 Å². The van der Waals surface area contributed by atoms with Crippen LogP contribution >= 0.6 is 0 Å². The zero-order chi connectivity index (χ0) is 19.5. The molecule has 0 aliphatic rings. The van der Waals surface area contributed by atoms with Gasteiger partial charge in [0.2, 0.25) is 0 Å². The highest BCUT2D eigenvalue weighted by Crippen LogP contribution is 2.18. The molecule has 0 bridgehead atoms. The largest absolute Gasteiger partial charge is 0.349 e. The number of hydrogen-bond acceptors (Lipinski definition) is 3. The maximum atomic E-state index is 11.9. The van der Waals surface area contributed by atoms with Crippen LogP contribution < -0.4 is 16.3 Å². The maximum Gasteiger partial charge on any atom is 0.349 e. The zero-order valence-electron chi connectivity index (χ0n) is 15.9. The fraction of sp³-hybridized carbons (Fsp3) is 0.250. The highest BCUT2D eigenvalue weighted by molar-refractivity contribution is 6.00. The van der Waals surface area contributed by atoms with Gasteiger partial charge in [0.1, 0.15) is 5.82 Å². The lowest BCUT2D eigenvalue weighted by atomic mass is 10.1. The van der Waals surface area contributed by atoms with E-state index in [1.807, 2.05) is 70.2 Å². The van der Waals surface area contributed by atoms with Gasteiger partial charge in [0.25, 0.3) is 0 Å². The van der Waals surface area contributed by atoms with Crippen molar-refractivity contribution >= 4 is 28.3 Å². The summed E-state index contributed by atoms with van der Waals surface area (Å²) in [6.07, 6.45) is 1.54. The zero-order valence-corrected chi connectivity index (χ0v) is 15.9. The third-order valence-corrected chi connectivity index (χ3v) is 3.22. The van der Waals surface area contributed by atoms with Gasteiger partial charge >= 0.3 is 11.7 Å². The van der Waals surface area contributed by atoms with Crippen molar-refractivity contribution < 1.29 is 4.79 Å². The number of aromatic nitrogens is 2. The van der Waals surface area contributed by atoms with E-state index in [0.29, 0.717) is 5.69 Å². The van der Waals surface area contributed by atoms with Crippen LogP contribution in [0.2, 0.25) is 0 Å². The molecule has 0 fully saturated rings. The molecule has 0 atom stereocenters. The minimum Gasteiger partial charge on any atom is -0.308 e. The highest BCUT2D eigenvalue weighted by atomic mass is 16.2.